The summed E-state index contributed by atoms with van der Waals surface area (Å²) in [6, 6.07) is 0.880. The van der Waals surface area contributed by atoms with Crippen molar-refractivity contribution in [3.63, 3.8) is 0 Å². The van der Waals surface area contributed by atoms with Crippen LogP contribution in [0.15, 0.2) is 21.9 Å². The lowest BCUT2D eigenvalue weighted by Gasteiger charge is -2.26. The number of phosphoric acid groups is 2. The molecule has 20 nitrogen and oxygen atoms in total. The Balaban J connectivity index is 0.00000722. The molecular formula is C15H25N2O18P2+. The van der Waals surface area contributed by atoms with E-state index in [9.17, 15) is 54.2 Å². The number of carbonyl (C=O) groups excluding carboxylic acids is 1. The highest BCUT2D eigenvalue weighted by atomic mass is 31.3. The highest BCUT2D eigenvalue weighted by molar-refractivity contribution is 7.61. The van der Waals surface area contributed by atoms with Crippen molar-refractivity contribution < 1.29 is 79.0 Å². The number of nitrogens with one attached hydrogen (secondary N) is 1. The van der Waals surface area contributed by atoms with Crippen LogP contribution in [0, 0.1) is 0 Å². The minimum absolute atomic E-state index is 0. The Morgan fingerprint density at radius 2 is 1.76 bits per heavy atom. The molecule has 0 spiro atoms. The number of rotatable bonds is 12. The van der Waals surface area contributed by atoms with Crippen LogP contribution in [-0.4, -0.2) is 117 Å². The molecule has 0 radical (unpaired) electrons. The van der Waals surface area contributed by atoms with Crippen molar-refractivity contribution in [3.05, 3.63) is 33.1 Å². The molecule has 0 saturated carbocycles. The van der Waals surface area contributed by atoms with E-state index >= 15 is 0 Å². The first-order valence-electron chi connectivity index (χ1n) is 9.90. The van der Waals surface area contributed by atoms with Gasteiger partial charge in [-0.05, 0) is 0 Å². The van der Waals surface area contributed by atoms with Gasteiger partial charge < -0.3 is 54.8 Å². The summed E-state index contributed by atoms with van der Waals surface area (Å²) >= 11 is 0. The molecule has 22 heteroatoms. The summed E-state index contributed by atoms with van der Waals surface area (Å²) in [6.45, 7) is -2.31. The lowest BCUT2D eigenvalue weighted by molar-refractivity contribution is -0.163. The fourth-order valence-corrected chi connectivity index (χ4v) is 4.99. The Labute approximate surface area is 206 Å². The van der Waals surface area contributed by atoms with Gasteiger partial charge in [0.05, 0.1) is 13.2 Å². The fourth-order valence-electron chi connectivity index (χ4n) is 2.91. The maximum Gasteiger partial charge on any atom is 1.00 e. The van der Waals surface area contributed by atoms with Gasteiger partial charge in [-0.15, -0.1) is 0 Å². The Kier molecular flexibility index (Phi) is 10.4. The molecule has 0 aromatic carbocycles. The van der Waals surface area contributed by atoms with Gasteiger partial charge in [0.1, 0.15) is 36.6 Å². The van der Waals surface area contributed by atoms with Crippen molar-refractivity contribution in [2.75, 3.05) is 13.2 Å². The molecule has 0 bridgehead atoms. The lowest BCUT2D eigenvalue weighted by Crippen LogP contribution is -2.49. The molecule has 37 heavy (non-hydrogen) atoms. The number of carbonyl (C=O) groups is 1. The SMILES string of the molecule is O=C(OP(=O)(OC[C@H]1O[C@@H](n2ccc(=O)[nH]c2=O)[C@H](O)[C@@H]1O)OP(=O)(O)O)[C@H](O)[C@@H](O)[C@H](O)[C@H](O)CO.[H+]. The molecule has 1 saturated heterocycles. The van der Waals surface area contributed by atoms with Gasteiger partial charge in [0, 0.05) is 12.3 Å². The van der Waals surface area contributed by atoms with Gasteiger partial charge in [0.25, 0.3) is 5.56 Å². The number of H-pyrrole nitrogens is 1. The zero-order chi connectivity index (χ0) is 28.3. The molecule has 1 aliphatic heterocycles. The number of ether oxygens (including phenoxy) is 1. The zero-order valence-electron chi connectivity index (χ0n) is 19.2. The van der Waals surface area contributed by atoms with E-state index in [1.807, 2.05) is 4.98 Å². The van der Waals surface area contributed by atoms with Gasteiger partial charge in [0.2, 0.25) is 0 Å². The number of aromatic amines is 1. The van der Waals surface area contributed by atoms with Crippen molar-refractivity contribution in [1.29, 1.82) is 0 Å². The predicted octanol–water partition coefficient (Wildman–Crippen LogP) is -5.52. The van der Waals surface area contributed by atoms with Crippen LogP contribution in [0.4, 0.5) is 0 Å². The summed E-state index contributed by atoms with van der Waals surface area (Å²) in [5, 5.41) is 67.4. The molecule has 1 unspecified atom stereocenters. The number of phosphoric ester groups is 1. The van der Waals surface area contributed by atoms with Crippen LogP contribution in [0.25, 0.3) is 0 Å². The van der Waals surface area contributed by atoms with Crippen molar-refractivity contribution in [2.45, 2.75) is 49.0 Å². The molecule has 0 amide bonds. The van der Waals surface area contributed by atoms with Crippen molar-refractivity contribution in [2.24, 2.45) is 0 Å². The third kappa shape index (κ3) is 8.06. The summed E-state index contributed by atoms with van der Waals surface area (Å²) in [6.07, 6.45) is -16.0. The second-order valence-electron chi connectivity index (χ2n) is 7.47. The van der Waals surface area contributed by atoms with Gasteiger partial charge >= 0.3 is 28.7 Å². The average molecular weight is 583 g/mol. The van der Waals surface area contributed by atoms with Crippen LogP contribution in [0.2, 0.25) is 0 Å². The van der Waals surface area contributed by atoms with Crippen LogP contribution in [0.5, 0.6) is 0 Å². The number of hydrogen-bond acceptors (Lipinski definition) is 16. The molecular weight excluding hydrogens is 558 g/mol. The first kappa shape index (κ1) is 31.3. The summed E-state index contributed by atoms with van der Waals surface area (Å²) in [5.41, 5.74) is -1.85. The number of hydrogen-bond donors (Lipinski definition) is 10. The second-order valence-corrected chi connectivity index (χ2v) is 10.4. The molecule has 1 aromatic rings. The average Bonchev–Trinajstić information content (AvgIpc) is 3.08. The Bertz CT molecular complexity index is 1160. The molecule has 0 aliphatic carbocycles. The van der Waals surface area contributed by atoms with E-state index in [0.717, 1.165) is 12.3 Å². The zero-order valence-corrected chi connectivity index (χ0v) is 20.0. The number of nitrogens with zero attached hydrogens (tertiary/aromatic N) is 1. The molecule has 1 fully saturated rings. The van der Waals surface area contributed by atoms with E-state index in [1.165, 1.54) is 0 Å². The smallest absolute Gasteiger partial charge is 0.394 e. The van der Waals surface area contributed by atoms with Crippen LogP contribution < -0.4 is 11.2 Å². The lowest BCUT2D eigenvalue weighted by atomic mass is 10.0. The molecule has 2 rings (SSSR count). The van der Waals surface area contributed by atoms with E-state index in [0.29, 0.717) is 4.57 Å². The van der Waals surface area contributed by atoms with Gasteiger partial charge in [-0.3, -0.25) is 18.9 Å². The Hall–Kier alpha value is -1.87. The summed E-state index contributed by atoms with van der Waals surface area (Å²) in [5.74, 6) is -2.14. The summed E-state index contributed by atoms with van der Waals surface area (Å²) in [7, 11) is -11.5. The number of aromatic nitrogens is 2. The quantitative estimate of drug-likeness (QED) is 0.103. The normalized spacial score (nSPS) is 27.2. The van der Waals surface area contributed by atoms with Crippen molar-refractivity contribution in [3.8, 4) is 0 Å². The molecule has 1 aliphatic rings. The minimum Gasteiger partial charge on any atom is -0.394 e. The first-order chi connectivity index (χ1) is 17.0. The van der Waals surface area contributed by atoms with E-state index in [-0.39, 0.29) is 1.43 Å². The topological polar surface area (TPSA) is 325 Å². The Morgan fingerprint density at radius 3 is 2.30 bits per heavy atom. The largest absolute Gasteiger partial charge is 1.00 e. The van der Waals surface area contributed by atoms with E-state index in [1.54, 1.807) is 0 Å². The third-order valence-corrected chi connectivity index (χ3v) is 7.28. The van der Waals surface area contributed by atoms with Crippen molar-refractivity contribution in [1.82, 2.24) is 9.55 Å². The molecule has 212 valence electrons. The highest BCUT2D eigenvalue weighted by Gasteiger charge is 2.48. The summed E-state index contributed by atoms with van der Waals surface area (Å²) < 4.78 is 42.3. The minimum atomic E-state index is -5.76. The molecule has 2 heterocycles. The number of aliphatic hydroxyl groups is 7. The van der Waals surface area contributed by atoms with Crippen LogP contribution in [-0.2, 0) is 32.0 Å². The van der Waals surface area contributed by atoms with E-state index in [2.05, 4.69) is 13.4 Å². The van der Waals surface area contributed by atoms with Crippen LogP contribution in [0.3, 0.4) is 0 Å². The van der Waals surface area contributed by atoms with Gasteiger partial charge in [-0.2, -0.15) is 4.31 Å². The predicted molar refractivity (Wildman–Crippen MR) is 112 cm³/mol. The standard InChI is InChI=1S/C15H24N2O18P2/c18-3-5(19)8(21)10(23)12(25)14(26)34-37(31,35-36(28,29)30)32-4-6-9(22)11(24)13(33-6)17-2-1-7(20)16-15(17)27/h1-2,5-6,8-13,18-19,21-25H,3-4H2,(H,16,20,27)(H2,28,29,30)/p+1/t5-,6-,8-,9-,10+,11-,12-,13-,37?/m1/s1. The summed E-state index contributed by atoms with van der Waals surface area (Å²) in [4.78, 5) is 55.0. The van der Waals surface area contributed by atoms with Gasteiger partial charge in [-0.1, -0.05) is 0 Å². The van der Waals surface area contributed by atoms with Gasteiger partial charge in [0.15, 0.2) is 12.3 Å². The van der Waals surface area contributed by atoms with Crippen molar-refractivity contribution >= 4 is 21.6 Å². The fraction of sp³-hybridized carbons (Fsp3) is 0.667. The maximum absolute atomic E-state index is 12.7. The molecule has 9 atom stereocenters. The van der Waals surface area contributed by atoms with Crippen LogP contribution >= 0.6 is 15.6 Å². The van der Waals surface area contributed by atoms with Gasteiger partial charge in [-0.25, -0.2) is 18.7 Å². The molecule has 1 aromatic heterocycles. The number of aliphatic hydroxyl groups excluding tert-OH is 7. The third-order valence-electron chi connectivity index (χ3n) is 4.76. The first-order valence-corrected chi connectivity index (χ1v) is 12.9. The van der Waals surface area contributed by atoms with E-state index in [4.69, 9.17) is 19.6 Å². The van der Waals surface area contributed by atoms with E-state index < -0.39 is 95.0 Å². The second kappa shape index (κ2) is 12.3. The van der Waals surface area contributed by atoms with Crippen LogP contribution in [0.1, 0.15) is 7.65 Å². The monoisotopic (exact) mass is 583 g/mol. The highest BCUT2D eigenvalue weighted by Crippen LogP contribution is 2.61. The molecule has 10 N–H and O–H groups in total. The Morgan fingerprint density at radius 1 is 1.14 bits per heavy atom. The maximum atomic E-state index is 12.7.